The van der Waals surface area contributed by atoms with Crippen LogP contribution in [0, 0.1) is 6.92 Å². The van der Waals surface area contributed by atoms with Gasteiger partial charge >= 0.3 is 0 Å². The Labute approximate surface area is 110 Å². The Morgan fingerprint density at radius 3 is 2.84 bits per heavy atom. The molecule has 3 rings (SSSR count). The van der Waals surface area contributed by atoms with Gasteiger partial charge in [0.25, 0.3) is 5.91 Å². The van der Waals surface area contributed by atoms with Crippen molar-refractivity contribution in [1.29, 1.82) is 0 Å². The van der Waals surface area contributed by atoms with E-state index in [1.54, 1.807) is 12.1 Å². The van der Waals surface area contributed by atoms with Gasteiger partial charge in [-0.05, 0) is 37.3 Å². The Morgan fingerprint density at radius 1 is 1.16 bits per heavy atom. The van der Waals surface area contributed by atoms with Gasteiger partial charge in [-0.1, -0.05) is 12.1 Å². The molecule has 0 aliphatic carbocycles. The molecule has 0 radical (unpaired) electrons. The summed E-state index contributed by atoms with van der Waals surface area (Å²) in [5.74, 6) is 0.417. The molecule has 19 heavy (non-hydrogen) atoms. The topological polar surface area (TPSA) is 57.8 Å². The number of aromatic amines is 1. The molecule has 0 saturated heterocycles. The molecule has 4 nitrogen and oxygen atoms in total. The van der Waals surface area contributed by atoms with Gasteiger partial charge in [-0.2, -0.15) is 0 Å². The summed E-state index contributed by atoms with van der Waals surface area (Å²) in [5.41, 5.74) is 2.46. The number of carbonyl (C=O) groups is 1. The van der Waals surface area contributed by atoms with Gasteiger partial charge in [-0.25, -0.2) is 4.98 Å². The van der Waals surface area contributed by atoms with Gasteiger partial charge in [0.1, 0.15) is 5.82 Å². The summed E-state index contributed by atoms with van der Waals surface area (Å²) in [6, 6.07) is 13.0. The highest BCUT2D eigenvalue weighted by Crippen LogP contribution is 2.18. The van der Waals surface area contributed by atoms with E-state index in [4.69, 9.17) is 0 Å². The zero-order chi connectivity index (χ0) is 13.2. The molecule has 2 aromatic heterocycles. The molecule has 0 atom stereocenters. The van der Waals surface area contributed by atoms with Crippen molar-refractivity contribution in [2.75, 3.05) is 5.32 Å². The summed E-state index contributed by atoms with van der Waals surface area (Å²) < 4.78 is 0. The van der Waals surface area contributed by atoms with Crippen molar-refractivity contribution in [2.45, 2.75) is 6.92 Å². The second-order valence-electron chi connectivity index (χ2n) is 4.36. The highest BCUT2D eigenvalue weighted by atomic mass is 16.1. The summed E-state index contributed by atoms with van der Waals surface area (Å²) in [4.78, 5) is 19.6. The molecular formula is C15H13N3O. The summed E-state index contributed by atoms with van der Waals surface area (Å²) >= 11 is 0. The number of H-pyrrole nitrogens is 1. The molecule has 4 heteroatoms. The highest BCUT2D eigenvalue weighted by molar-refractivity contribution is 6.12. The van der Waals surface area contributed by atoms with E-state index in [0.717, 1.165) is 16.6 Å². The van der Waals surface area contributed by atoms with Crippen molar-refractivity contribution >= 4 is 22.6 Å². The number of rotatable bonds is 2. The number of benzene rings is 1. The van der Waals surface area contributed by atoms with Crippen LogP contribution < -0.4 is 5.32 Å². The van der Waals surface area contributed by atoms with Crippen molar-refractivity contribution < 1.29 is 4.79 Å². The molecule has 1 aromatic carbocycles. The molecule has 2 heterocycles. The van der Waals surface area contributed by atoms with Gasteiger partial charge in [-0.3, -0.25) is 4.79 Å². The van der Waals surface area contributed by atoms with Gasteiger partial charge in [-0.15, -0.1) is 0 Å². The van der Waals surface area contributed by atoms with Crippen LogP contribution >= 0.6 is 0 Å². The highest BCUT2D eigenvalue weighted by Gasteiger charge is 2.11. The molecule has 0 unspecified atom stereocenters. The van der Waals surface area contributed by atoms with E-state index in [-0.39, 0.29) is 5.91 Å². The second kappa shape index (κ2) is 4.57. The number of anilines is 1. The zero-order valence-electron chi connectivity index (χ0n) is 10.5. The number of pyridine rings is 1. The smallest absolute Gasteiger partial charge is 0.257 e. The van der Waals surface area contributed by atoms with E-state index >= 15 is 0 Å². The van der Waals surface area contributed by atoms with E-state index in [2.05, 4.69) is 15.3 Å². The number of carbonyl (C=O) groups excluding carboxylic acids is 1. The first kappa shape index (κ1) is 11.5. The summed E-state index contributed by atoms with van der Waals surface area (Å²) in [7, 11) is 0. The minimum absolute atomic E-state index is 0.150. The van der Waals surface area contributed by atoms with Gasteiger partial charge < -0.3 is 10.3 Å². The number of aryl methyl sites for hydroxylation is 1. The Balaban J connectivity index is 1.94. The zero-order valence-corrected chi connectivity index (χ0v) is 10.5. The first-order chi connectivity index (χ1) is 9.24. The molecule has 0 spiro atoms. The molecule has 3 aromatic rings. The van der Waals surface area contributed by atoms with Crippen LogP contribution in [0.2, 0.25) is 0 Å². The maximum atomic E-state index is 12.3. The molecule has 0 saturated carbocycles. The van der Waals surface area contributed by atoms with Crippen molar-refractivity contribution in [3.63, 3.8) is 0 Å². The number of aromatic nitrogens is 2. The standard InChI is InChI=1S/C15H13N3O/c1-10-4-2-7-14(17-10)18-15(19)12-5-3-6-13-11(12)8-9-16-13/h2-9,16H,1H3,(H,17,18,19). The van der Waals surface area contributed by atoms with Crippen LogP contribution in [0.1, 0.15) is 16.1 Å². The van der Waals surface area contributed by atoms with Crippen LogP contribution in [0.3, 0.4) is 0 Å². The second-order valence-corrected chi connectivity index (χ2v) is 4.36. The fourth-order valence-corrected chi connectivity index (χ4v) is 2.08. The van der Waals surface area contributed by atoms with E-state index in [9.17, 15) is 4.79 Å². The summed E-state index contributed by atoms with van der Waals surface area (Å²) in [6.45, 7) is 1.89. The lowest BCUT2D eigenvalue weighted by atomic mass is 10.1. The Bertz CT molecular complexity index is 746. The molecule has 0 fully saturated rings. The van der Waals surface area contributed by atoms with E-state index < -0.39 is 0 Å². The first-order valence-corrected chi connectivity index (χ1v) is 6.05. The molecule has 0 aliphatic heterocycles. The third-order valence-electron chi connectivity index (χ3n) is 2.97. The monoisotopic (exact) mass is 251 g/mol. The number of amides is 1. The molecular weight excluding hydrogens is 238 g/mol. The molecule has 0 bridgehead atoms. The molecule has 2 N–H and O–H groups in total. The van der Waals surface area contributed by atoms with Crippen molar-refractivity contribution in [3.05, 3.63) is 59.9 Å². The number of hydrogen-bond acceptors (Lipinski definition) is 2. The molecule has 94 valence electrons. The van der Waals surface area contributed by atoms with Crippen LogP contribution in [-0.2, 0) is 0 Å². The lowest BCUT2D eigenvalue weighted by Crippen LogP contribution is -2.13. The minimum atomic E-state index is -0.150. The van der Waals surface area contributed by atoms with Crippen molar-refractivity contribution in [1.82, 2.24) is 9.97 Å². The summed E-state index contributed by atoms with van der Waals surface area (Å²) in [5, 5.41) is 3.73. The van der Waals surface area contributed by atoms with Crippen LogP contribution in [0.4, 0.5) is 5.82 Å². The third kappa shape index (κ3) is 2.20. The fraction of sp³-hybridized carbons (Fsp3) is 0.0667. The fourth-order valence-electron chi connectivity index (χ4n) is 2.08. The lowest BCUT2D eigenvalue weighted by molar-refractivity contribution is 0.102. The Hall–Kier alpha value is -2.62. The number of nitrogens with zero attached hydrogens (tertiary/aromatic N) is 1. The van der Waals surface area contributed by atoms with Crippen LogP contribution in [0.5, 0.6) is 0 Å². The van der Waals surface area contributed by atoms with Gasteiger partial charge in [0, 0.05) is 28.4 Å². The number of fused-ring (bicyclic) bond motifs is 1. The van der Waals surface area contributed by atoms with Crippen molar-refractivity contribution in [3.8, 4) is 0 Å². The Morgan fingerprint density at radius 2 is 2.00 bits per heavy atom. The quantitative estimate of drug-likeness (QED) is 0.735. The maximum absolute atomic E-state index is 12.3. The van der Waals surface area contributed by atoms with Crippen LogP contribution in [-0.4, -0.2) is 15.9 Å². The average molecular weight is 251 g/mol. The Kier molecular flexibility index (Phi) is 2.76. The predicted molar refractivity (Wildman–Crippen MR) is 75.2 cm³/mol. The SMILES string of the molecule is Cc1cccc(NC(=O)c2cccc3[nH]ccc23)n1. The summed E-state index contributed by atoms with van der Waals surface area (Å²) in [6.07, 6.45) is 1.83. The molecule has 1 amide bonds. The predicted octanol–water partition coefficient (Wildman–Crippen LogP) is 3.12. The van der Waals surface area contributed by atoms with E-state index in [1.807, 2.05) is 43.5 Å². The number of nitrogens with one attached hydrogen (secondary N) is 2. The van der Waals surface area contributed by atoms with Crippen LogP contribution in [0.15, 0.2) is 48.7 Å². The normalized spacial score (nSPS) is 10.6. The maximum Gasteiger partial charge on any atom is 0.257 e. The molecule has 0 aliphatic rings. The lowest BCUT2D eigenvalue weighted by Gasteiger charge is -2.06. The number of hydrogen-bond donors (Lipinski definition) is 2. The van der Waals surface area contributed by atoms with Crippen molar-refractivity contribution in [2.24, 2.45) is 0 Å². The largest absolute Gasteiger partial charge is 0.361 e. The van der Waals surface area contributed by atoms with Crippen LogP contribution in [0.25, 0.3) is 10.9 Å². The van der Waals surface area contributed by atoms with Gasteiger partial charge in [0.05, 0.1) is 0 Å². The van der Waals surface area contributed by atoms with Gasteiger partial charge in [0.15, 0.2) is 0 Å². The van der Waals surface area contributed by atoms with Gasteiger partial charge in [0.2, 0.25) is 0 Å². The van der Waals surface area contributed by atoms with E-state index in [1.165, 1.54) is 0 Å². The first-order valence-electron chi connectivity index (χ1n) is 6.05. The minimum Gasteiger partial charge on any atom is -0.361 e. The van der Waals surface area contributed by atoms with E-state index in [0.29, 0.717) is 11.4 Å². The average Bonchev–Trinajstić information content (AvgIpc) is 2.86. The third-order valence-corrected chi connectivity index (χ3v) is 2.97.